The second-order valence-corrected chi connectivity index (χ2v) is 4.63. The maximum atomic E-state index is 6.13. The first-order chi connectivity index (χ1) is 7.16. The lowest BCUT2D eigenvalue weighted by atomic mass is 10.0. The monoisotopic (exact) mass is 313 g/mol. The molecule has 1 aromatic carbocycles. The fourth-order valence-corrected chi connectivity index (χ4v) is 2.22. The first kappa shape index (κ1) is 12.5. The van der Waals surface area contributed by atoms with Crippen molar-refractivity contribution in [2.75, 3.05) is 0 Å². The highest BCUT2D eigenvalue weighted by Crippen LogP contribution is 2.24. The predicted molar refractivity (Wildman–Crippen MR) is 73.5 cm³/mol. The van der Waals surface area contributed by atoms with Crippen LogP contribution in [0.5, 0.6) is 0 Å². The average Bonchev–Trinajstić information content (AvgIpc) is 2.22. The maximum Gasteiger partial charge on any atom is 0.0314 e. The Hall–Kier alpha value is -0.530. The molecule has 1 nitrogen and oxygen atoms in total. The molecule has 0 aliphatic rings. The summed E-state index contributed by atoms with van der Waals surface area (Å²) in [4.78, 5) is 0. The Morgan fingerprint density at radius 3 is 2.87 bits per heavy atom. The zero-order valence-corrected chi connectivity index (χ0v) is 11.3. The van der Waals surface area contributed by atoms with Gasteiger partial charge in [-0.2, -0.15) is 0 Å². The van der Waals surface area contributed by atoms with Crippen LogP contribution >= 0.6 is 22.6 Å². The SMILES string of the molecule is CC#CCCC(N)c1cccc(C)c1I. The lowest BCUT2D eigenvalue weighted by Gasteiger charge is -2.13. The summed E-state index contributed by atoms with van der Waals surface area (Å²) in [5.41, 5.74) is 8.67. The average molecular weight is 313 g/mol. The van der Waals surface area contributed by atoms with Gasteiger partial charge in [0.2, 0.25) is 0 Å². The molecular formula is C13H16IN. The third kappa shape index (κ3) is 3.51. The normalized spacial score (nSPS) is 11.7. The van der Waals surface area contributed by atoms with Gasteiger partial charge in [-0.1, -0.05) is 18.2 Å². The highest BCUT2D eigenvalue weighted by atomic mass is 127. The highest BCUT2D eigenvalue weighted by molar-refractivity contribution is 14.1. The van der Waals surface area contributed by atoms with Gasteiger partial charge in [0.1, 0.15) is 0 Å². The van der Waals surface area contributed by atoms with E-state index in [1.54, 1.807) is 0 Å². The van der Waals surface area contributed by atoms with Gasteiger partial charge in [-0.15, -0.1) is 11.8 Å². The van der Waals surface area contributed by atoms with Gasteiger partial charge in [-0.25, -0.2) is 0 Å². The molecule has 0 amide bonds. The third-order valence-corrected chi connectivity index (χ3v) is 3.85. The first-order valence-electron chi connectivity index (χ1n) is 5.07. The van der Waals surface area contributed by atoms with Crippen molar-refractivity contribution in [2.45, 2.75) is 32.7 Å². The second-order valence-electron chi connectivity index (χ2n) is 3.55. The summed E-state index contributed by atoms with van der Waals surface area (Å²) < 4.78 is 1.28. The van der Waals surface area contributed by atoms with E-state index in [0.29, 0.717) is 0 Å². The van der Waals surface area contributed by atoms with Gasteiger partial charge < -0.3 is 5.73 Å². The molecule has 1 unspecified atom stereocenters. The number of aryl methyl sites for hydroxylation is 1. The van der Waals surface area contributed by atoms with E-state index in [9.17, 15) is 0 Å². The highest BCUT2D eigenvalue weighted by Gasteiger charge is 2.09. The van der Waals surface area contributed by atoms with E-state index in [4.69, 9.17) is 5.73 Å². The van der Waals surface area contributed by atoms with Crippen molar-refractivity contribution in [2.24, 2.45) is 5.73 Å². The molecule has 0 saturated carbocycles. The van der Waals surface area contributed by atoms with E-state index in [2.05, 4.69) is 59.6 Å². The molecule has 0 spiro atoms. The van der Waals surface area contributed by atoms with Crippen molar-refractivity contribution < 1.29 is 0 Å². The van der Waals surface area contributed by atoms with Crippen LogP contribution < -0.4 is 5.73 Å². The summed E-state index contributed by atoms with van der Waals surface area (Å²) in [7, 11) is 0. The van der Waals surface area contributed by atoms with Crippen LogP contribution in [0.1, 0.15) is 36.9 Å². The molecule has 1 atom stereocenters. The predicted octanol–water partition coefficient (Wildman–Crippen LogP) is 3.40. The molecule has 1 rings (SSSR count). The minimum atomic E-state index is 0.109. The minimum absolute atomic E-state index is 0.109. The van der Waals surface area contributed by atoms with Gasteiger partial charge in [-0.05, 0) is 54.0 Å². The fraction of sp³-hybridized carbons (Fsp3) is 0.385. The van der Waals surface area contributed by atoms with Gasteiger partial charge in [0, 0.05) is 16.0 Å². The molecule has 0 fully saturated rings. The van der Waals surface area contributed by atoms with Gasteiger partial charge in [0.15, 0.2) is 0 Å². The fourth-order valence-electron chi connectivity index (χ4n) is 1.46. The zero-order valence-electron chi connectivity index (χ0n) is 9.18. The summed E-state index contributed by atoms with van der Waals surface area (Å²) in [6, 6.07) is 6.40. The molecule has 2 heteroatoms. The van der Waals surface area contributed by atoms with Crippen molar-refractivity contribution in [1.82, 2.24) is 0 Å². The summed E-state index contributed by atoms with van der Waals surface area (Å²) in [5, 5.41) is 0. The molecule has 80 valence electrons. The van der Waals surface area contributed by atoms with Crippen LogP contribution in [0.15, 0.2) is 18.2 Å². The van der Waals surface area contributed by atoms with Crippen molar-refractivity contribution in [3.63, 3.8) is 0 Å². The molecule has 0 heterocycles. The van der Waals surface area contributed by atoms with Gasteiger partial charge in [0.25, 0.3) is 0 Å². The van der Waals surface area contributed by atoms with Crippen LogP contribution in [-0.4, -0.2) is 0 Å². The van der Waals surface area contributed by atoms with Crippen LogP contribution in [0.4, 0.5) is 0 Å². The molecule has 0 bridgehead atoms. The number of rotatable bonds is 3. The standard InChI is InChI=1S/C13H16IN/c1-3-4-5-9-12(15)11-8-6-7-10(2)13(11)14/h6-8,12H,5,9,15H2,1-2H3. The quantitative estimate of drug-likeness (QED) is 0.672. The molecule has 15 heavy (non-hydrogen) atoms. The Labute approximate surface area is 106 Å². The first-order valence-corrected chi connectivity index (χ1v) is 6.15. The van der Waals surface area contributed by atoms with Crippen LogP contribution in [0, 0.1) is 22.3 Å². The smallest absolute Gasteiger partial charge is 0.0314 e. The van der Waals surface area contributed by atoms with E-state index < -0.39 is 0 Å². The largest absolute Gasteiger partial charge is 0.324 e. The molecule has 0 aliphatic heterocycles. The van der Waals surface area contributed by atoms with E-state index >= 15 is 0 Å². The van der Waals surface area contributed by atoms with Crippen LogP contribution in [-0.2, 0) is 0 Å². The third-order valence-electron chi connectivity index (χ3n) is 2.38. The lowest BCUT2D eigenvalue weighted by molar-refractivity contribution is 0.664. The Balaban J connectivity index is 2.76. The number of hydrogen-bond acceptors (Lipinski definition) is 1. The number of benzene rings is 1. The van der Waals surface area contributed by atoms with Gasteiger partial charge in [-0.3, -0.25) is 0 Å². The summed E-state index contributed by atoms with van der Waals surface area (Å²) in [6.45, 7) is 3.98. The van der Waals surface area contributed by atoms with Crippen LogP contribution in [0.3, 0.4) is 0 Å². The Bertz CT molecular complexity index is 387. The number of halogens is 1. The van der Waals surface area contributed by atoms with Crippen molar-refractivity contribution in [3.8, 4) is 11.8 Å². The van der Waals surface area contributed by atoms with Crippen molar-refractivity contribution >= 4 is 22.6 Å². The van der Waals surface area contributed by atoms with Crippen LogP contribution in [0.25, 0.3) is 0 Å². The lowest BCUT2D eigenvalue weighted by Crippen LogP contribution is -2.12. The summed E-state index contributed by atoms with van der Waals surface area (Å²) in [6.07, 6.45) is 1.81. The zero-order chi connectivity index (χ0) is 11.3. The van der Waals surface area contributed by atoms with Crippen LogP contribution in [0.2, 0.25) is 0 Å². The Morgan fingerprint density at radius 2 is 2.20 bits per heavy atom. The molecule has 0 radical (unpaired) electrons. The van der Waals surface area contributed by atoms with Gasteiger partial charge >= 0.3 is 0 Å². The number of hydrogen-bond donors (Lipinski definition) is 1. The van der Waals surface area contributed by atoms with E-state index in [-0.39, 0.29) is 6.04 Å². The van der Waals surface area contributed by atoms with E-state index in [0.717, 1.165) is 12.8 Å². The topological polar surface area (TPSA) is 26.0 Å². The minimum Gasteiger partial charge on any atom is -0.324 e. The maximum absolute atomic E-state index is 6.13. The van der Waals surface area contributed by atoms with Crippen molar-refractivity contribution in [3.05, 3.63) is 32.9 Å². The second kappa shape index (κ2) is 6.14. The van der Waals surface area contributed by atoms with E-state index in [1.807, 2.05) is 6.92 Å². The Morgan fingerprint density at radius 1 is 1.47 bits per heavy atom. The molecular weight excluding hydrogens is 297 g/mol. The summed E-state index contributed by atoms with van der Waals surface area (Å²) in [5.74, 6) is 5.94. The van der Waals surface area contributed by atoms with Crippen molar-refractivity contribution in [1.29, 1.82) is 0 Å². The van der Waals surface area contributed by atoms with E-state index in [1.165, 1.54) is 14.7 Å². The molecule has 0 saturated heterocycles. The van der Waals surface area contributed by atoms with Gasteiger partial charge in [0.05, 0.1) is 0 Å². The Kier molecular flexibility index (Phi) is 5.13. The molecule has 1 aromatic rings. The molecule has 2 N–H and O–H groups in total. The molecule has 0 aromatic heterocycles. The molecule has 0 aliphatic carbocycles. The number of nitrogens with two attached hydrogens (primary N) is 1. The summed E-state index contributed by atoms with van der Waals surface area (Å²) >= 11 is 2.37.